The first-order chi connectivity index (χ1) is 8.15. The van der Waals surface area contributed by atoms with E-state index in [1.807, 2.05) is 12.5 Å². The molecule has 0 bridgehead atoms. The topological polar surface area (TPSA) is 53.1 Å². The Morgan fingerprint density at radius 1 is 1.41 bits per heavy atom. The Balaban J connectivity index is 2.29. The third-order valence-corrected chi connectivity index (χ3v) is 2.81. The van der Waals surface area contributed by atoms with Crippen LogP contribution in [0.25, 0.3) is 0 Å². The van der Waals surface area contributed by atoms with E-state index in [9.17, 15) is 0 Å². The summed E-state index contributed by atoms with van der Waals surface area (Å²) in [5.41, 5.74) is 7.16. The fourth-order valence-corrected chi connectivity index (χ4v) is 1.74. The van der Waals surface area contributed by atoms with Crippen LogP contribution in [-0.4, -0.2) is 22.3 Å². The Bertz CT molecular complexity index is 309. The normalized spacial score (nSPS) is 13.2. The van der Waals surface area contributed by atoms with Crippen LogP contribution in [0.2, 0.25) is 0 Å². The number of ether oxygens (including phenoxy) is 1. The molecule has 0 aliphatic carbocycles. The van der Waals surface area contributed by atoms with Crippen LogP contribution < -0.4 is 5.73 Å². The first-order valence-corrected chi connectivity index (χ1v) is 6.52. The van der Waals surface area contributed by atoms with Crippen LogP contribution in [0.15, 0.2) is 12.5 Å². The first-order valence-electron chi connectivity index (χ1n) is 6.52. The third-order valence-electron chi connectivity index (χ3n) is 2.81. The maximum Gasteiger partial charge on any atom is 0.0948 e. The van der Waals surface area contributed by atoms with Crippen LogP contribution in [0.1, 0.15) is 51.8 Å². The summed E-state index contributed by atoms with van der Waals surface area (Å²) >= 11 is 0. The average Bonchev–Trinajstić information content (AvgIpc) is 2.75. The van der Waals surface area contributed by atoms with Crippen LogP contribution in [0.5, 0.6) is 0 Å². The minimum absolute atomic E-state index is 0.101. The van der Waals surface area contributed by atoms with Crippen molar-refractivity contribution >= 4 is 0 Å². The lowest BCUT2D eigenvalue weighted by atomic mass is 10.2. The van der Waals surface area contributed by atoms with Crippen molar-refractivity contribution in [3.8, 4) is 0 Å². The number of imidazole rings is 1. The summed E-state index contributed by atoms with van der Waals surface area (Å²) in [6, 6.07) is 0.101. The number of nitrogens with zero attached hydrogens (tertiary/aromatic N) is 2. The molecule has 0 amide bonds. The van der Waals surface area contributed by atoms with Gasteiger partial charge in [0, 0.05) is 25.4 Å². The first kappa shape index (κ1) is 14.2. The minimum atomic E-state index is 0.101. The molecule has 0 spiro atoms. The molecule has 0 radical (unpaired) electrons. The van der Waals surface area contributed by atoms with Gasteiger partial charge in [0.1, 0.15) is 0 Å². The number of hydrogen-bond donors (Lipinski definition) is 1. The van der Waals surface area contributed by atoms with Crippen LogP contribution in [-0.2, 0) is 11.3 Å². The molecule has 1 rings (SSSR count). The van der Waals surface area contributed by atoms with E-state index in [1.165, 1.54) is 0 Å². The summed E-state index contributed by atoms with van der Waals surface area (Å²) in [6.07, 6.45) is 7.20. The van der Waals surface area contributed by atoms with Gasteiger partial charge in [-0.2, -0.15) is 0 Å². The second-order valence-corrected chi connectivity index (χ2v) is 4.65. The van der Waals surface area contributed by atoms with E-state index < -0.39 is 0 Å². The van der Waals surface area contributed by atoms with Crippen molar-refractivity contribution < 1.29 is 4.74 Å². The molecule has 0 fully saturated rings. The number of hydrogen-bond acceptors (Lipinski definition) is 3. The molecule has 98 valence electrons. The maximum absolute atomic E-state index is 6.02. The molecular weight excluding hydrogens is 214 g/mol. The Labute approximate surface area is 104 Å². The van der Waals surface area contributed by atoms with Gasteiger partial charge in [-0.25, -0.2) is 4.98 Å². The Morgan fingerprint density at radius 2 is 2.18 bits per heavy atom. The van der Waals surface area contributed by atoms with Crippen LogP contribution in [0.3, 0.4) is 0 Å². The van der Waals surface area contributed by atoms with E-state index in [0.717, 1.165) is 38.1 Å². The monoisotopic (exact) mass is 239 g/mol. The zero-order valence-electron chi connectivity index (χ0n) is 11.2. The molecule has 0 saturated heterocycles. The van der Waals surface area contributed by atoms with E-state index in [2.05, 4.69) is 30.3 Å². The largest absolute Gasteiger partial charge is 0.379 e. The minimum Gasteiger partial charge on any atom is -0.379 e. The van der Waals surface area contributed by atoms with E-state index in [0.29, 0.717) is 6.10 Å². The second-order valence-electron chi connectivity index (χ2n) is 4.65. The summed E-state index contributed by atoms with van der Waals surface area (Å²) in [6.45, 7) is 8.03. The van der Waals surface area contributed by atoms with Crippen molar-refractivity contribution in [1.82, 2.24) is 9.55 Å². The van der Waals surface area contributed by atoms with Gasteiger partial charge in [-0.05, 0) is 33.1 Å². The van der Waals surface area contributed by atoms with Gasteiger partial charge in [-0.1, -0.05) is 6.92 Å². The standard InChI is InChI=1S/C13H25N3O/c1-4-12(14)13-9-15-10-16(13)7-5-6-8-17-11(2)3/h9-12H,4-8,14H2,1-3H3/t12-/m1/s1. The van der Waals surface area contributed by atoms with Crippen molar-refractivity contribution in [3.63, 3.8) is 0 Å². The molecular formula is C13H25N3O. The van der Waals surface area contributed by atoms with E-state index >= 15 is 0 Å². The van der Waals surface area contributed by atoms with Crippen LogP contribution in [0.4, 0.5) is 0 Å². The van der Waals surface area contributed by atoms with Gasteiger partial charge < -0.3 is 15.0 Å². The highest BCUT2D eigenvalue weighted by molar-refractivity contribution is 5.03. The van der Waals surface area contributed by atoms with E-state index in [1.54, 1.807) is 0 Å². The van der Waals surface area contributed by atoms with Gasteiger partial charge in [0.05, 0.1) is 18.1 Å². The molecule has 0 aliphatic rings. The highest BCUT2D eigenvalue weighted by atomic mass is 16.5. The van der Waals surface area contributed by atoms with E-state index in [-0.39, 0.29) is 6.04 Å². The van der Waals surface area contributed by atoms with Crippen molar-refractivity contribution in [3.05, 3.63) is 18.2 Å². The molecule has 1 atom stereocenters. The summed E-state index contributed by atoms with van der Waals surface area (Å²) in [5.74, 6) is 0. The number of unbranched alkanes of at least 4 members (excludes halogenated alkanes) is 1. The Hall–Kier alpha value is -0.870. The molecule has 1 aromatic heterocycles. The third kappa shape index (κ3) is 4.88. The zero-order valence-corrected chi connectivity index (χ0v) is 11.2. The number of aryl methyl sites for hydroxylation is 1. The van der Waals surface area contributed by atoms with Crippen molar-refractivity contribution in [2.45, 2.75) is 58.7 Å². The second kappa shape index (κ2) is 7.45. The Morgan fingerprint density at radius 3 is 2.82 bits per heavy atom. The number of nitrogens with two attached hydrogens (primary N) is 1. The summed E-state index contributed by atoms with van der Waals surface area (Å²) in [4.78, 5) is 4.17. The lowest BCUT2D eigenvalue weighted by Crippen LogP contribution is -2.14. The maximum atomic E-state index is 6.02. The highest BCUT2D eigenvalue weighted by Crippen LogP contribution is 2.13. The summed E-state index contributed by atoms with van der Waals surface area (Å²) in [5, 5.41) is 0. The zero-order chi connectivity index (χ0) is 12.7. The van der Waals surface area contributed by atoms with Gasteiger partial charge >= 0.3 is 0 Å². The van der Waals surface area contributed by atoms with Crippen LogP contribution in [0, 0.1) is 0 Å². The summed E-state index contributed by atoms with van der Waals surface area (Å²) < 4.78 is 7.67. The SMILES string of the molecule is CC[C@@H](N)c1cncn1CCCCOC(C)C. The lowest BCUT2D eigenvalue weighted by molar-refractivity contribution is 0.0754. The average molecular weight is 239 g/mol. The molecule has 1 aromatic rings. The molecule has 4 heteroatoms. The highest BCUT2D eigenvalue weighted by Gasteiger charge is 2.08. The molecule has 4 nitrogen and oxygen atoms in total. The van der Waals surface area contributed by atoms with Crippen molar-refractivity contribution in [1.29, 1.82) is 0 Å². The van der Waals surface area contributed by atoms with Gasteiger partial charge in [0.2, 0.25) is 0 Å². The fraction of sp³-hybridized carbons (Fsp3) is 0.769. The van der Waals surface area contributed by atoms with Gasteiger partial charge in [-0.3, -0.25) is 0 Å². The van der Waals surface area contributed by atoms with E-state index in [4.69, 9.17) is 10.5 Å². The van der Waals surface area contributed by atoms with Crippen molar-refractivity contribution in [2.24, 2.45) is 5.73 Å². The molecule has 0 unspecified atom stereocenters. The predicted octanol–water partition coefficient (Wildman–Crippen LogP) is 2.50. The molecule has 0 aromatic carbocycles. The molecule has 0 aliphatic heterocycles. The van der Waals surface area contributed by atoms with Gasteiger partial charge in [-0.15, -0.1) is 0 Å². The quantitative estimate of drug-likeness (QED) is 0.709. The van der Waals surface area contributed by atoms with Crippen LogP contribution >= 0.6 is 0 Å². The summed E-state index contributed by atoms with van der Waals surface area (Å²) in [7, 11) is 0. The molecule has 2 N–H and O–H groups in total. The van der Waals surface area contributed by atoms with Crippen molar-refractivity contribution in [2.75, 3.05) is 6.61 Å². The Kier molecular flexibility index (Phi) is 6.22. The smallest absolute Gasteiger partial charge is 0.0948 e. The fourth-order valence-electron chi connectivity index (χ4n) is 1.74. The molecule has 0 saturated carbocycles. The molecule has 17 heavy (non-hydrogen) atoms. The van der Waals surface area contributed by atoms with Gasteiger partial charge in [0.25, 0.3) is 0 Å². The van der Waals surface area contributed by atoms with Gasteiger partial charge in [0.15, 0.2) is 0 Å². The molecule has 1 heterocycles. The number of rotatable bonds is 8. The number of aromatic nitrogens is 2. The lowest BCUT2D eigenvalue weighted by Gasteiger charge is -2.13. The predicted molar refractivity (Wildman–Crippen MR) is 69.8 cm³/mol.